The Bertz CT molecular complexity index is 1280. The number of aromatic nitrogens is 1. The molecule has 2 amide bonds. The van der Waals surface area contributed by atoms with Crippen molar-refractivity contribution >= 4 is 35.0 Å². The average Bonchev–Trinajstić information content (AvgIpc) is 3.28. The molecule has 0 saturated carbocycles. The first-order valence-corrected chi connectivity index (χ1v) is 12.1. The van der Waals surface area contributed by atoms with E-state index in [2.05, 4.69) is 4.57 Å². The molecule has 180 valence electrons. The molecule has 1 aromatic heterocycles. The Morgan fingerprint density at radius 1 is 1.03 bits per heavy atom. The summed E-state index contributed by atoms with van der Waals surface area (Å²) in [5.74, 6) is -0.321. The molecular weight excluding hydrogens is 464 g/mol. The van der Waals surface area contributed by atoms with Crippen LogP contribution in [0.3, 0.4) is 0 Å². The molecular formula is C27H26N2O5S. The van der Waals surface area contributed by atoms with Crippen LogP contribution >= 0.6 is 11.8 Å². The molecule has 1 aliphatic rings. The number of amides is 2. The van der Waals surface area contributed by atoms with Gasteiger partial charge >= 0.3 is 5.97 Å². The van der Waals surface area contributed by atoms with Gasteiger partial charge in [-0.2, -0.15) is 0 Å². The quantitative estimate of drug-likeness (QED) is 0.316. The lowest BCUT2D eigenvalue weighted by Crippen LogP contribution is -2.34. The van der Waals surface area contributed by atoms with Crippen molar-refractivity contribution in [1.82, 2.24) is 9.47 Å². The molecule has 1 fully saturated rings. The molecule has 3 aromatic rings. The highest BCUT2D eigenvalue weighted by atomic mass is 32.2. The zero-order chi connectivity index (χ0) is 24.9. The standard InChI is InChI=1S/C27H26N2O5S/c1-4-33-25(30)16-28-26(31)24(35-27(28)32)15-21-14-18(2)29(19(21)3)22-10-12-23(13-11-22)34-17-20-8-6-5-7-9-20/h5-15H,4,16-17H2,1-3H3/b24-15+. The van der Waals surface area contributed by atoms with E-state index < -0.39 is 17.1 Å². The first kappa shape index (κ1) is 24.3. The molecule has 7 nitrogen and oxygen atoms in total. The van der Waals surface area contributed by atoms with Gasteiger partial charge < -0.3 is 14.0 Å². The van der Waals surface area contributed by atoms with E-state index in [9.17, 15) is 14.4 Å². The monoisotopic (exact) mass is 490 g/mol. The average molecular weight is 491 g/mol. The van der Waals surface area contributed by atoms with Gasteiger partial charge in [0.2, 0.25) is 0 Å². The van der Waals surface area contributed by atoms with Crippen molar-refractivity contribution < 1.29 is 23.9 Å². The Morgan fingerprint density at radius 3 is 2.43 bits per heavy atom. The number of hydrogen-bond donors (Lipinski definition) is 0. The van der Waals surface area contributed by atoms with Crippen LogP contribution in [0.15, 0.2) is 65.6 Å². The van der Waals surface area contributed by atoms with Crippen molar-refractivity contribution in [3.05, 3.63) is 88.1 Å². The van der Waals surface area contributed by atoms with Crippen LogP contribution in [-0.2, 0) is 20.9 Å². The van der Waals surface area contributed by atoms with Gasteiger partial charge in [0.25, 0.3) is 11.1 Å². The van der Waals surface area contributed by atoms with Gasteiger partial charge in [-0.3, -0.25) is 19.3 Å². The zero-order valence-electron chi connectivity index (χ0n) is 19.8. The zero-order valence-corrected chi connectivity index (χ0v) is 20.6. The second-order valence-corrected chi connectivity index (χ2v) is 9.00. The Morgan fingerprint density at radius 2 is 1.74 bits per heavy atom. The number of hydrogen-bond acceptors (Lipinski definition) is 6. The Balaban J connectivity index is 1.50. The first-order valence-electron chi connectivity index (χ1n) is 11.2. The molecule has 0 atom stereocenters. The van der Waals surface area contributed by atoms with Crippen LogP contribution in [0.1, 0.15) is 29.4 Å². The summed E-state index contributed by atoms with van der Waals surface area (Å²) >= 11 is 0.827. The summed E-state index contributed by atoms with van der Waals surface area (Å²) in [7, 11) is 0. The van der Waals surface area contributed by atoms with Crippen LogP contribution in [0.25, 0.3) is 11.8 Å². The summed E-state index contributed by atoms with van der Waals surface area (Å²) in [6, 6.07) is 19.8. The van der Waals surface area contributed by atoms with E-state index in [1.807, 2.05) is 74.5 Å². The van der Waals surface area contributed by atoms with Gasteiger partial charge in [-0.15, -0.1) is 0 Å². The molecule has 0 radical (unpaired) electrons. The minimum atomic E-state index is -0.606. The fourth-order valence-corrected chi connectivity index (χ4v) is 4.71. The number of nitrogens with zero attached hydrogens (tertiary/aromatic N) is 2. The van der Waals surface area contributed by atoms with Crippen molar-refractivity contribution in [2.24, 2.45) is 0 Å². The van der Waals surface area contributed by atoms with Gasteiger partial charge in [-0.05, 0) is 80.1 Å². The number of aryl methyl sites for hydroxylation is 1. The molecule has 0 unspecified atom stereocenters. The normalized spacial score (nSPS) is 14.6. The predicted octanol–water partition coefficient (Wildman–Crippen LogP) is 5.27. The molecule has 4 rings (SSSR count). The van der Waals surface area contributed by atoms with Crippen molar-refractivity contribution in [2.45, 2.75) is 27.4 Å². The molecule has 1 saturated heterocycles. The maximum Gasteiger partial charge on any atom is 0.326 e. The molecule has 0 aliphatic carbocycles. The molecule has 2 aromatic carbocycles. The Kier molecular flexibility index (Phi) is 7.41. The number of carbonyl (C=O) groups is 3. The molecule has 2 heterocycles. The van der Waals surface area contributed by atoms with Gasteiger partial charge in [-0.1, -0.05) is 30.3 Å². The summed E-state index contributed by atoms with van der Waals surface area (Å²) in [6.45, 7) is 5.92. The Labute approximate surface area is 208 Å². The van der Waals surface area contributed by atoms with E-state index in [1.54, 1.807) is 13.0 Å². The number of thioether (sulfide) groups is 1. The molecule has 1 aliphatic heterocycles. The SMILES string of the molecule is CCOC(=O)CN1C(=O)S/C(=C/c2cc(C)n(-c3ccc(OCc4ccccc4)cc3)c2C)C1=O. The van der Waals surface area contributed by atoms with Crippen LogP contribution in [0.5, 0.6) is 5.75 Å². The Hall–Kier alpha value is -3.78. The fourth-order valence-electron chi connectivity index (χ4n) is 3.88. The molecule has 8 heteroatoms. The van der Waals surface area contributed by atoms with Crippen molar-refractivity contribution in [1.29, 1.82) is 0 Å². The third-order valence-corrected chi connectivity index (χ3v) is 6.47. The lowest BCUT2D eigenvalue weighted by Gasteiger charge is -2.12. The van der Waals surface area contributed by atoms with E-state index in [4.69, 9.17) is 9.47 Å². The van der Waals surface area contributed by atoms with Gasteiger partial charge in [0.1, 0.15) is 18.9 Å². The third-order valence-electron chi connectivity index (χ3n) is 5.57. The predicted molar refractivity (Wildman–Crippen MR) is 135 cm³/mol. The number of benzene rings is 2. The maximum atomic E-state index is 12.7. The second kappa shape index (κ2) is 10.7. The number of imide groups is 1. The smallest absolute Gasteiger partial charge is 0.326 e. The largest absolute Gasteiger partial charge is 0.489 e. The minimum Gasteiger partial charge on any atom is -0.489 e. The molecule has 35 heavy (non-hydrogen) atoms. The lowest BCUT2D eigenvalue weighted by molar-refractivity contribution is -0.145. The van der Waals surface area contributed by atoms with Crippen LogP contribution in [0, 0.1) is 13.8 Å². The fraction of sp³-hybridized carbons (Fsp3) is 0.222. The highest BCUT2D eigenvalue weighted by molar-refractivity contribution is 8.18. The summed E-state index contributed by atoms with van der Waals surface area (Å²) in [5, 5.41) is -0.478. The van der Waals surface area contributed by atoms with Gasteiger partial charge in [-0.25, -0.2) is 0 Å². The highest BCUT2D eigenvalue weighted by Gasteiger charge is 2.36. The van der Waals surface area contributed by atoms with Crippen LogP contribution in [0.4, 0.5) is 4.79 Å². The topological polar surface area (TPSA) is 77.8 Å². The van der Waals surface area contributed by atoms with E-state index in [1.165, 1.54) is 0 Å². The first-order chi connectivity index (χ1) is 16.9. The minimum absolute atomic E-state index is 0.191. The van der Waals surface area contributed by atoms with E-state index in [-0.39, 0.29) is 18.1 Å². The second-order valence-electron chi connectivity index (χ2n) is 8.00. The number of rotatable bonds is 8. The van der Waals surface area contributed by atoms with Gasteiger partial charge in [0.15, 0.2) is 0 Å². The van der Waals surface area contributed by atoms with Gasteiger partial charge in [0.05, 0.1) is 11.5 Å². The highest BCUT2D eigenvalue weighted by Crippen LogP contribution is 2.34. The van der Waals surface area contributed by atoms with E-state index in [0.717, 1.165) is 50.6 Å². The summed E-state index contributed by atoms with van der Waals surface area (Å²) in [6.07, 6.45) is 1.70. The number of esters is 1. The summed E-state index contributed by atoms with van der Waals surface area (Å²) in [4.78, 5) is 37.9. The summed E-state index contributed by atoms with van der Waals surface area (Å²) in [5.41, 5.74) is 4.80. The number of carbonyl (C=O) groups excluding carboxylic acids is 3. The lowest BCUT2D eigenvalue weighted by atomic mass is 10.2. The van der Waals surface area contributed by atoms with Crippen LogP contribution in [-0.4, -0.2) is 39.7 Å². The third kappa shape index (κ3) is 5.49. The van der Waals surface area contributed by atoms with E-state index in [0.29, 0.717) is 6.61 Å². The number of ether oxygens (including phenoxy) is 2. The molecule has 0 spiro atoms. The molecule has 0 N–H and O–H groups in total. The van der Waals surface area contributed by atoms with Crippen LogP contribution < -0.4 is 4.74 Å². The van der Waals surface area contributed by atoms with Crippen molar-refractivity contribution in [2.75, 3.05) is 13.2 Å². The summed E-state index contributed by atoms with van der Waals surface area (Å²) < 4.78 is 12.8. The van der Waals surface area contributed by atoms with E-state index >= 15 is 0 Å². The maximum absolute atomic E-state index is 12.7. The van der Waals surface area contributed by atoms with Crippen molar-refractivity contribution in [3.63, 3.8) is 0 Å². The van der Waals surface area contributed by atoms with Crippen LogP contribution in [0.2, 0.25) is 0 Å². The van der Waals surface area contributed by atoms with Crippen molar-refractivity contribution in [3.8, 4) is 11.4 Å². The van der Waals surface area contributed by atoms with Gasteiger partial charge in [0, 0.05) is 17.1 Å². The molecule has 0 bridgehead atoms.